The molecule has 138 valence electrons. The van der Waals surface area contributed by atoms with Crippen molar-refractivity contribution in [2.45, 2.75) is 19.9 Å². The van der Waals surface area contributed by atoms with Gasteiger partial charge in [-0.2, -0.15) is 10.4 Å². The largest absolute Gasteiger partial charge is 0.573 e. The first-order valence-electron chi connectivity index (χ1n) is 7.87. The van der Waals surface area contributed by atoms with E-state index in [1.165, 1.54) is 18.3 Å². The Labute approximate surface area is 153 Å². The molecule has 0 radical (unpaired) electrons. The lowest BCUT2D eigenvalue weighted by molar-refractivity contribution is -0.274. The van der Waals surface area contributed by atoms with Gasteiger partial charge < -0.3 is 9.47 Å². The first kappa shape index (κ1) is 18.3. The fourth-order valence-electron chi connectivity index (χ4n) is 2.44. The summed E-state index contributed by atoms with van der Waals surface area (Å²) in [6.45, 7) is 2.12. The monoisotopic (exact) mass is 373 g/mol. The van der Waals surface area contributed by atoms with Gasteiger partial charge in [0.05, 0.1) is 6.20 Å². The van der Waals surface area contributed by atoms with Crippen molar-refractivity contribution in [2.24, 2.45) is 0 Å². The lowest BCUT2D eigenvalue weighted by Gasteiger charge is -2.13. The van der Waals surface area contributed by atoms with Crippen molar-refractivity contribution in [2.75, 3.05) is 0 Å². The molecule has 1 N–H and O–H groups in total. The standard InChI is InChI=1S/C19H14F3N3O2/c1-12-2-4-13(5-3-12)11-26-15-6-14(17-10-24-25-18(17)9-23)7-16(8-15)27-19(20,21)22/h2-8,10H,11H2,1H3,(H,24,25). The smallest absolute Gasteiger partial charge is 0.489 e. The molecule has 1 aromatic heterocycles. The number of aromatic amines is 1. The van der Waals surface area contributed by atoms with Crippen LogP contribution in [0.15, 0.2) is 48.7 Å². The van der Waals surface area contributed by atoms with Gasteiger partial charge in [0.2, 0.25) is 0 Å². The Hall–Kier alpha value is -3.47. The SMILES string of the molecule is Cc1ccc(COc2cc(OC(F)(F)F)cc(-c3cn[nH]c3C#N)c2)cc1. The molecule has 0 saturated carbocycles. The van der Waals surface area contributed by atoms with Gasteiger partial charge >= 0.3 is 6.36 Å². The molecule has 0 bridgehead atoms. The third kappa shape index (κ3) is 4.79. The van der Waals surface area contributed by atoms with Crippen molar-refractivity contribution in [3.63, 3.8) is 0 Å². The van der Waals surface area contributed by atoms with Gasteiger partial charge in [-0.15, -0.1) is 13.2 Å². The summed E-state index contributed by atoms with van der Waals surface area (Å²) in [6.07, 6.45) is -3.49. The van der Waals surface area contributed by atoms with E-state index in [2.05, 4.69) is 14.9 Å². The number of halogens is 3. The van der Waals surface area contributed by atoms with Gasteiger partial charge in [0.1, 0.15) is 29.9 Å². The molecule has 0 aliphatic rings. The third-order valence-corrected chi connectivity index (χ3v) is 3.70. The summed E-state index contributed by atoms with van der Waals surface area (Å²) in [5, 5.41) is 15.3. The van der Waals surface area contributed by atoms with E-state index in [4.69, 9.17) is 10.00 Å². The number of ether oxygens (including phenoxy) is 2. The number of benzene rings is 2. The number of nitrogens with zero attached hydrogens (tertiary/aromatic N) is 2. The molecule has 8 heteroatoms. The lowest BCUT2D eigenvalue weighted by Crippen LogP contribution is -2.17. The third-order valence-electron chi connectivity index (χ3n) is 3.70. The Morgan fingerprint density at radius 1 is 1.11 bits per heavy atom. The molecule has 3 rings (SSSR count). The summed E-state index contributed by atoms with van der Waals surface area (Å²) >= 11 is 0. The maximum atomic E-state index is 12.6. The molecule has 1 heterocycles. The van der Waals surface area contributed by atoms with Crippen LogP contribution in [-0.4, -0.2) is 16.6 Å². The van der Waals surface area contributed by atoms with Crippen LogP contribution in [0, 0.1) is 18.3 Å². The van der Waals surface area contributed by atoms with Crippen LogP contribution >= 0.6 is 0 Å². The number of H-pyrrole nitrogens is 1. The van der Waals surface area contributed by atoms with Crippen molar-refractivity contribution in [3.05, 3.63) is 65.5 Å². The number of aryl methyl sites for hydroxylation is 1. The predicted octanol–water partition coefficient (Wildman–Crippen LogP) is 4.73. The normalized spacial score (nSPS) is 11.1. The van der Waals surface area contributed by atoms with Crippen LogP contribution in [-0.2, 0) is 6.61 Å². The maximum Gasteiger partial charge on any atom is 0.573 e. The van der Waals surface area contributed by atoms with Crippen LogP contribution in [0.2, 0.25) is 0 Å². The second kappa shape index (κ2) is 7.41. The topological polar surface area (TPSA) is 70.9 Å². The second-order valence-corrected chi connectivity index (χ2v) is 5.79. The van der Waals surface area contributed by atoms with E-state index in [9.17, 15) is 13.2 Å². The van der Waals surface area contributed by atoms with Crippen molar-refractivity contribution < 1.29 is 22.6 Å². The zero-order valence-corrected chi connectivity index (χ0v) is 14.2. The fourth-order valence-corrected chi connectivity index (χ4v) is 2.44. The zero-order valence-electron chi connectivity index (χ0n) is 14.2. The summed E-state index contributed by atoms with van der Waals surface area (Å²) in [4.78, 5) is 0. The second-order valence-electron chi connectivity index (χ2n) is 5.79. The molecule has 0 amide bonds. The summed E-state index contributed by atoms with van der Waals surface area (Å²) in [7, 11) is 0. The molecule has 5 nitrogen and oxygen atoms in total. The van der Waals surface area contributed by atoms with Crippen LogP contribution in [0.1, 0.15) is 16.8 Å². The van der Waals surface area contributed by atoms with Gasteiger partial charge in [-0.1, -0.05) is 29.8 Å². The average molecular weight is 373 g/mol. The minimum absolute atomic E-state index is 0.128. The number of aromatic nitrogens is 2. The molecule has 0 aliphatic heterocycles. The number of rotatable bonds is 5. The Morgan fingerprint density at radius 2 is 1.81 bits per heavy atom. The molecule has 0 atom stereocenters. The lowest BCUT2D eigenvalue weighted by atomic mass is 10.1. The number of hydrogen-bond acceptors (Lipinski definition) is 4. The molecule has 27 heavy (non-hydrogen) atoms. The van der Waals surface area contributed by atoms with Gasteiger partial charge in [0.15, 0.2) is 0 Å². The molecular weight excluding hydrogens is 359 g/mol. The Balaban J connectivity index is 1.92. The highest BCUT2D eigenvalue weighted by Gasteiger charge is 2.31. The van der Waals surface area contributed by atoms with Crippen LogP contribution < -0.4 is 9.47 Å². The first-order chi connectivity index (χ1) is 12.8. The molecule has 0 fully saturated rings. The Morgan fingerprint density at radius 3 is 2.48 bits per heavy atom. The van der Waals surface area contributed by atoms with Crippen molar-refractivity contribution >= 4 is 0 Å². The number of hydrogen-bond donors (Lipinski definition) is 1. The van der Waals surface area contributed by atoms with E-state index in [-0.39, 0.29) is 18.1 Å². The summed E-state index contributed by atoms with van der Waals surface area (Å²) in [5.74, 6) is -0.263. The van der Waals surface area contributed by atoms with Gasteiger partial charge in [-0.3, -0.25) is 5.10 Å². The van der Waals surface area contributed by atoms with E-state index < -0.39 is 12.1 Å². The maximum absolute atomic E-state index is 12.6. The minimum atomic E-state index is -4.85. The summed E-state index contributed by atoms with van der Waals surface area (Å²) < 4.78 is 47.6. The molecule has 2 aromatic carbocycles. The van der Waals surface area contributed by atoms with Crippen LogP contribution in [0.25, 0.3) is 11.1 Å². The van der Waals surface area contributed by atoms with Crippen molar-refractivity contribution in [1.82, 2.24) is 10.2 Å². The molecule has 0 unspecified atom stereocenters. The highest BCUT2D eigenvalue weighted by atomic mass is 19.4. The van der Waals surface area contributed by atoms with Crippen molar-refractivity contribution in [3.8, 4) is 28.7 Å². The van der Waals surface area contributed by atoms with Crippen LogP contribution in [0.5, 0.6) is 11.5 Å². The summed E-state index contributed by atoms with van der Waals surface area (Å²) in [5.41, 5.74) is 2.76. The number of alkyl halides is 3. The number of nitrogens with one attached hydrogen (secondary N) is 1. The van der Waals surface area contributed by atoms with E-state index in [0.29, 0.717) is 11.1 Å². The van der Waals surface area contributed by atoms with Gasteiger partial charge in [-0.05, 0) is 30.2 Å². The Kier molecular flexibility index (Phi) is 5.03. The quantitative estimate of drug-likeness (QED) is 0.702. The Bertz CT molecular complexity index is 973. The van der Waals surface area contributed by atoms with Crippen LogP contribution in [0.4, 0.5) is 13.2 Å². The highest BCUT2D eigenvalue weighted by molar-refractivity contribution is 5.71. The predicted molar refractivity (Wildman–Crippen MR) is 90.9 cm³/mol. The molecule has 3 aromatic rings. The van der Waals surface area contributed by atoms with Gasteiger partial charge in [0.25, 0.3) is 0 Å². The average Bonchev–Trinajstić information content (AvgIpc) is 3.08. The molecule has 0 saturated heterocycles. The van der Waals surface area contributed by atoms with E-state index in [1.807, 2.05) is 37.3 Å². The zero-order chi connectivity index (χ0) is 19.4. The molecule has 0 spiro atoms. The number of nitriles is 1. The fraction of sp³-hybridized carbons (Fsp3) is 0.158. The molecule has 0 aliphatic carbocycles. The van der Waals surface area contributed by atoms with Gasteiger partial charge in [0, 0.05) is 11.6 Å². The molecular formula is C19H14F3N3O2. The van der Waals surface area contributed by atoms with Crippen LogP contribution in [0.3, 0.4) is 0 Å². The first-order valence-corrected chi connectivity index (χ1v) is 7.87. The van der Waals surface area contributed by atoms with Gasteiger partial charge in [-0.25, -0.2) is 0 Å². The van der Waals surface area contributed by atoms with E-state index in [0.717, 1.165) is 17.2 Å². The highest BCUT2D eigenvalue weighted by Crippen LogP contribution is 2.34. The minimum Gasteiger partial charge on any atom is -0.489 e. The van der Waals surface area contributed by atoms with E-state index in [1.54, 1.807) is 0 Å². The van der Waals surface area contributed by atoms with Crippen molar-refractivity contribution in [1.29, 1.82) is 5.26 Å². The van der Waals surface area contributed by atoms with E-state index >= 15 is 0 Å². The summed E-state index contributed by atoms with van der Waals surface area (Å²) in [6, 6.07) is 13.3.